The average molecular weight is 459 g/mol. The van der Waals surface area contributed by atoms with Crippen LogP contribution in [0.2, 0.25) is 36.3 Å². The van der Waals surface area contributed by atoms with Crippen LogP contribution in [0, 0.1) is 11.8 Å². The van der Waals surface area contributed by atoms with Gasteiger partial charge in [-0.15, -0.1) is 6.58 Å². The lowest BCUT2D eigenvalue weighted by atomic mass is 9.87. The fourth-order valence-electron chi connectivity index (χ4n) is 3.11. The van der Waals surface area contributed by atoms with Gasteiger partial charge in [-0.2, -0.15) is 0 Å². The Kier molecular flexibility index (Phi) is 8.86. The molecule has 1 saturated heterocycles. The molecule has 1 aliphatic heterocycles. The third kappa shape index (κ3) is 7.01. The van der Waals surface area contributed by atoms with Crippen molar-refractivity contribution in [2.75, 3.05) is 13.2 Å². The number of ether oxygens (including phenoxy) is 2. The maximum Gasteiger partial charge on any atom is 0.192 e. The molecule has 1 fully saturated rings. The van der Waals surface area contributed by atoms with Crippen LogP contribution < -0.4 is 0 Å². The first-order valence-corrected chi connectivity index (χ1v) is 17.3. The highest BCUT2D eigenvalue weighted by molar-refractivity contribution is 6.74. The van der Waals surface area contributed by atoms with Crippen molar-refractivity contribution < 1.29 is 18.3 Å². The lowest BCUT2D eigenvalue weighted by Crippen LogP contribution is -2.55. The molecule has 4 atom stereocenters. The summed E-state index contributed by atoms with van der Waals surface area (Å²) in [6.07, 6.45) is 1.93. The molecule has 1 aliphatic rings. The van der Waals surface area contributed by atoms with E-state index < -0.39 is 22.4 Å². The van der Waals surface area contributed by atoms with Gasteiger partial charge >= 0.3 is 0 Å². The molecule has 178 valence electrons. The van der Waals surface area contributed by atoms with Gasteiger partial charge < -0.3 is 18.3 Å². The van der Waals surface area contributed by atoms with Crippen LogP contribution in [-0.2, 0) is 18.3 Å². The van der Waals surface area contributed by atoms with Crippen LogP contribution in [-0.4, -0.2) is 47.8 Å². The molecule has 0 amide bonds. The Morgan fingerprint density at radius 1 is 1.03 bits per heavy atom. The van der Waals surface area contributed by atoms with Gasteiger partial charge in [0.05, 0.1) is 25.4 Å². The zero-order valence-electron chi connectivity index (χ0n) is 22.1. The quantitative estimate of drug-likeness (QED) is 0.290. The minimum Gasteiger partial charge on any atom is -0.414 e. The molecule has 0 saturated carbocycles. The van der Waals surface area contributed by atoms with E-state index in [1.807, 2.05) is 19.9 Å². The SMILES string of the molecule is C=C[C@H]1COC(C)(C)O[C@H]1[C@H](C)[C@H](CO[Si](C)(C)C(C)(C)C)O[Si](C)(C)C(C)(C)C. The Hall–Kier alpha value is 0.0138. The molecule has 0 bridgehead atoms. The molecular formula is C24H50O4Si2. The molecule has 1 heterocycles. The van der Waals surface area contributed by atoms with Crippen molar-refractivity contribution in [3.63, 3.8) is 0 Å². The van der Waals surface area contributed by atoms with Crippen LogP contribution in [0.25, 0.3) is 0 Å². The van der Waals surface area contributed by atoms with Crippen LogP contribution in [0.1, 0.15) is 62.3 Å². The van der Waals surface area contributed by atoms with E-state index >= 15 is 0 Å². The Bertz CT molecular complexity index is 573. The molecule has 30 heavy (non-hydrogen) atoms. The third-order valence-electron chi connectivity index (χ3n) is 7.54. The second kappa shape index (κ2) is 9.48. The fraction of sp³-hybridized carbons (Fsp3) is 0.917. The molecule has 0 radical (unpaired) electrons. The van der Waals surface area contributed by atoms with E-state index in [4.69, 9.17) is 18.3 Å². The fourth-order valence-corrected chi connectivity index (χ4v) is 5.51. The van der Waals surface area contributed by atoms with Gasteiger partial charge in [0.25, 0.3) is 0 Å². The van der Waals surface area contributed by atoms with Gasteiger partial charge in [0.1, 0.15) is 0 Å². The van der Waals surface area contributed by atoms with Crippen LogP contribution in [0.3, 0.4) is 0 Å². The Labute approximate surface area is 189 Å². The zero-order chi connectivity index (χ0) is 23.8. The van der Waals surface area contributed by atoms with Crippen LogP contribution in [0.5, 0.6) is 0 Å². The molecule has 0 aromatic rings. The molecule has 6 heteroatoms. The Morgan fingerprint density at radius 3 is 1.97 bits per heavy atom. The van der Waals surface area contributed by atoms with Gasteiger partial charge in [0.15, 0.2) is 22.4 Å². The molecule has 0 aromatic heterocycles. The van der Waals surface area contributed by atoms with E-state index in [-0.39, 0.29) is 34.1 Å². The highest BCUT2D eigenvalue weighted by Gasteiger charge is 2.46. The van der Waals surface area contributed by atoms with Gasteiger partial charge in [-0.25, -0.2) is 0 Å². The normalized spacial score (nSPS) is 25.6. The van der Waals surface area contributed by atoms with Gasteiger partial charge in [-0.1, -0.05) is 54.5 Å². The summed E-state index contributed by atoms with van der Waals surface area (Å²) < 4.78 is 25.9. The summed E-state index contributed by atoms with van der Waals surface area (Å²) in [7, 11) is -3.87. The summed E-state index contributed by atoms with van der Waals surface area (Å²) in [5, 5.41) is 0.300. The summed E-state index contributed by atoms with van der Waals surface area (Å²) in [6.45, 7) is 34.5. The lowest BCUT2D eigenvalue weighted by molar-refractivity contribution is -0.299. The first-order valence-electron chi connectivity index (χ1n) is 11.5. The van der Waals surface area contributed by atoms with Crippen molar-refractivity contribution in [1.29, 1.82) is 0 Å². The summed E-state index contributed by atoms with van der Waals surface area (Å²) >= 11 is 0. The number of hydrogen-bond donors (Lipinski definition) is 0. The number of rotatable bonds is 8. The van der Waals surface area contributed by atoms with Gasteiger partial charge in [0, 0.05) is 11.8 Å². The van der Waals surface area contributed by atoms with E-state index in [1.165, 1.54) is 0 Å². The zero-order valence-corrected chi connectivity index (χ0v) is 24.1. The molecule has 0 aliphatic carbocycles. The minimum atomic E-state index is -1.98. The van der Waals surface area contributed by atoms with Crippen molar-refractivity contribution in [1.82, 2.24) is 0 Å². The second-order valence-electron chi connectivity index (χ2n) is 12.5. The van der Waals surface area contributed by atoms with Crippen LogP contribution in [0.4, 0.5) is 0 Å². The van der Waals surface area contributed by atoms with E-state index in [1.54, 1.807) is 0 Å². The van der Waals surface area contributed by atoms with E-state index in [9.17, 15) is 0 Å². The summed E-state index contributed by atoms with van der Waals surface area (Å²) in [5.41, 5.74) is 0. The first-order chi connectivity index (χ1) is 13.2. The minimum absolute atomic E-state index is 0.0102. The standard InChI is InChI=1S/C24H50O4Si2/c1-15-19-16-25-24(9,10)27-21(19)18(2)20(28-30(13,14)23(6,7)8)17-26-29(11,12)22(3,4)5/h15,18-21H,1,16-17H2,2-14H3/t18-,19+,20+,21+/m1/s1. The molecule has 0 aromatic carbocycles. The summed E-state index contributed by atoms with van der Waals surface area (Å²) in [5.74, 6) is -0.290. The molecule has 0 unspecified atom stereocenters. The Morgan fingerprint density at radius 2 is 1.53 bits per heavy atom. The summed E-state index contributed by atoms with van der Waals surface area (Å²) in [4.78, 5) is 0. The largest absolute Gasteiger partial charge is 0.414 e. The van der Waals surface area contributed by atoms with Gasteiger partial charge in [-0.05, 0) is 50.1 Å². The summed E-state index contributed by atoms with van der Waals surface area (Å²) in [6, 6.07) is 0. The van der Waals surface area contributed by atoms with E-state index in [2.05, 4.69) is 81.2 Å². The molecular weight excluding hydrogens is 408 g/mol. The van der Waals surface area contributed by atoms with Crippen molar-refractivity contribution in [2.45, 2.75) is 117 Å². The van der Waals surface area contributed by atoms with Crippen LogP contribution >= 0.6 is 0 Å². The van der Waals surface area contributed by atoms with Crippen molar-refractivity contribution in [3.05, 3.63) is 12.7 Å². The molecule has 1 rings (SSSR count). The topological polar surface area (TPSA) is 36.9 Å². The lowest BCUT2D eigenvalue weighted by Gasteiger charge is -2.47. The molecule has 0 spiro atoms. The number of hydrogen-bond acceptors (Lipinski definition) is 4. The smallest absolute Gasteiger partial charge is 0.192 e. The van der Waals surface area contributed by atoms with Gasteiger partial charge in [-0.3, -0.25) is 0 Å². The maximum atomic E-state index is 6.97. The predicted molar refractivity (Wildman–Crippen MR) is 133 cm³/mol. The average Bonchev–Trinajstić information content (AvgIpc) is 2.55. The third-order valence-corrected chi connectivity index (χ3v) is 16.5. The van der Waals surface area contributed by atoms with E-state index in [0.29, 0.717) is 13.2 Å². The predicted octanol–water partition coefficient (Wildman–Crippen LogP) is 6.99. The van der Waals surface area contributed by atoms with Crippen molar-refractivity contribution in [2.24, 2.45) is 11.8 Å². The van der Waals surface area contributed by atoms with E-state index in [0.717, 1.165) is 0 Å². The Balaban J connectivity index is 3.19. The monoisotopic (exact) mass is 458 g/mol. The first kappa shape index (κ1) is 28.0. The molecule has 4 nitrogen and oxygen atoms in total. The van der Waals surface area contributed by atoms with Gasteiger partial charge in [0.2, 0.25) is 0 Å². The second-order valence-corrected chi connectivity index (χ2v) is 22.1. The van der Waals surface area contributed by atoms with Crippen LogP contribution in [0.15, 0.2) is 12.7 Å². The van der Waals surface area contributed by atoms with Crippen molar-refractivity contribution in [3.8, 4) is 0 Å². The maximum absolute atomic E-state index is 6.97. The highest BCUT2D eigenvalue weighted by atomic mass is 28.4. The molecule has 0 N–H and O–H groups in total. The van der Waals surface area contributed by atoms with Crippen molar-refractivity contribution >= 4 is 16.6 Å². The highest BCUT2D eigenvalue weighted by Crippen LogP contribution is 2.41.